The Hall–Kier alpha value is -2.86. The number of ketones is 1. The average molecular weight is 459 g/mol. The zero-order chi connectivity index (χ0) is 21.3. The molecule has 0 atom stereocenters. The van der Waals surface area contributed by atoms with Gasteiger partial charge in [-0.05, 0) is 42.0 Å². The SMILES string of the molecule is O=C(Nc1cc(Cl)cc(Cl)c1)C(=O)c1cn(Cc2ccccc2Cl)c2ncccc12. The van der Waals surface area contributed by atoms with Crippen molar-refractivity contribution < 1.29 is 9.59 Å². The van der Waals surface area contributed by atoms with Crippen molar-refractivity contribution >= 4 is 63.2 Å². The van der Waals surface area contributed by atoms with Gasteiger partial charge in [0.05, 0.1) is 12.1 Å². The van der Waals surface area contributed by atoms with Crippen LogP contribution in [0.15, 0.2) is 67.0 Å². The molecule has 0 saturated heterocycles. The van der Waals surface area contributed by atoms with E-state index in [0.717, 1.165) is 5.56 Å². The second-order valence-electron chi connectivity index (χ2n) is 6.58. The van der Waals surface area contributed by atoms with E-state index in [0.29, 0.717) is 38.3 Å². The van der Waals surface area contributed by atoms with E-state index < -0.39 is 11.7 Å². The van der Waals surface area contributed by atoms with Gasteiger partial charge in [-0.2, -0.15) is 0 Å². The van der Waals surface area contributed by atoms with Gasteiger partial charge in [-0.25, -0.2) is 4.98 Å². The first kappa shape index (κ1) is 20.4. The minimum absolute atomic E-state index is 0.246. The molecule has 2 aromatic heterocycles. The molecule has 0 bridgehead atoms. The highest BCUT2D eigenvalue weighted by Crippen LogP contribution is 2.25. The van der Waals surface area contributed by atoms with Crippen LogP contribution in [0.5, 0.6) is 0 Å². The van der Waals surface area contributed by atoms with Gasteiger partial charge in [0.2, 0.25) is 0 Å². The van der Waals surface area contributed by atoms with Crippen molar-refractivity contribution in [2.75, 3.05) is 5.32 Å². The number of fused-ring (bicyclic) bond motifs is 1. The number of hydrogen-bond acceptors (Lipinski definition) is 3. The quantitative estimate of drug-likeness (QED) is 0.301. The van der Waals surface area contributed by atoms with Crippen LogP contribution >= 0.6 is 34.8 Å². The summed E-state index contributed by atoms with van der Waals surface area (Å²) in [4.78, 5) is 29.9. The number of benzene rings is 2. The molecule has 0 spiro atoms. The third-order valence-electron chi connectivity index (χ3n) is 4.50. The van der Waals surface area contributed by atoms with Crippen LogP contribution in [0, 0.1) is 0 Å². The molecule has 30 heavy (non-hydrogen) atoms. The van der Waals surface area contributed by atoms with Gasteiger partial charge < -0.3 is 9.88 Å². The number of rotatable bonds is 5. The van der Waals surface area contributed by atoms with Gasteiger partial charge in [0.1, 0.15) is 5.65 Å². The van der Waals surface area contributed by atoms with Crippen LogP contribution in [0.25, 0.3) is 11.0 Å². The first-order valence-corrected chi connectivity index (χ1v) is 10.0. The van der Waals surface area contributed by atoms with Gasteiger partial charge in [-0.1, -0.05) is 53.0 Å². The predicted octanol–water partition coefficient (Wildman–Crippen LogP) is 5.87. The monoisotopic (exact) mass is 457 g/mol. The van der Waals surface area contributed by atoms with Crippen molar-refractivity contribution in [1.82, 2.24) is 9.55 Å². The highest BCUT2D eigenvalue weighted by molar-refractivity contribution is 6.48. The summed E-state index contributed by atoms with van der Waals surface area (Å²) < 4.78 is 1.80. The number of halogens is 3. The van der Waals surface area contributed by atoms with E-state index in [1.54, 1.807) is 35.2 Å². The summed E-state index contributed by atoms with van der Waals surface area (Å²) in [5.41, 5.74) is 2.04. The van der Waals surface area contributed by atoms with Crippen LogP contribution in [-0.2, 0) is 11.3 Å². The van der Waals surface area contributed by atoms with Crippen LogP contribution in [0.1, 0.15) is 15.9 Å². The van der Waals surface area contributed by atoms with Crippen molar-refractivity contribution in [3.63, 3.8) is 0 Å². The Kier molecular flexibility index (Phi) is 5.77. The zero-order valence-electron chi connectivity index (χ0n) is 15.4. The summed E-state index contributed by atoms with van der Waals surface area (Å²) in [6.45, 7) is 0.409. The number of aromatic nitrogens is 2. The molecule has 0 aliphatic carbocycles. The maximum Gasteiger partial charge on any atom is 0.296 e. The second-order valence-corrected chi connectivity index (χ2v) is 7.86. The van der Waals surface area contributed by atoms with Crippen molar-refractivity contribution in [1.29, 1.82) is 0 Å². The normalized spacial score (nSPS) is 10.9. The van der Waals surface area contributed by atoms with Gasteiger partial charge in [0.25, 0.3) is 11.7 Å². The molecule has 8 heteroatoms. The summed E-state index contributed by atoms with van der Waals surface area (Å²) in [6.07, 6.45) is 3.25. The lowest BCUT2D eigenvalue weighted by Gasteiger charge is -2.06. The van der Waals surface area contributed by atoms with E-state index in [1.165, 1.54) is 18.2 Å². The maximum atomic E-state index is 12.9. The summed E-state index contributed by atoms with van der Waals surface area (Å²) in [7, 11) is 0. The van der Waals surface area contributed by atoms with E-state index in [4.69, 9.17) is 34.8 Å². The number of Topliss-reactive ketones (excluding diaryl/α,β-unsaturated/α-hetero) is 1. The standard InChI is InChI=1S/C22H14Cl3N3O2/c23-14-8-15(24)10-16(9-14)27-22(30)20(29)18-12-28(21-17(18)5-3-7-26-21)11-13-4-1-2-6-19(13)25/h1-10,12H,11H2,(H,27,30). The number of pyridine rings is 1. The molecule has 5 nitrogen and oxygen atoms in total. The Morgan fingerprint density at radius 2 is 1.70 bits per heavy atom. The Labute approximate surface area is 187 Å². The number of carbonyl (C=O) groups excluding carboxylic acids is 2. The minimum Gasteiger partial charge on any atom is -0.327 e. The van der Waals surface area contributed by atoms with E-state index in [9.17, 15) is 9.59 Å². The molecule has 0 unspecified atom stereocenters. The van der Waals surface area contributed by atoms with Gasteiger partial charge >= 0.3 is 0 Å². The van der Waals surface area contributed by atoms with Crippen LogP contribution in [0.3, 0.4) is 0 Å². The van der Waals surface area contributed by atoms with Crippen LogP contribution in [0.4, 0.5) is 5.69 Å². The summed E-state index contributed by atoms with van der Waals surface area (Å²) >= 11 is 18.2. The van der Waals surface area contributed by atoms with Crippen LogP contribution in [0.2, 0.25) is 15.1 Å². The van der Waals surface area contributed by atoms with Gasteiger partial charge in [-0.15, -0.1) is 0 Å². The molecule has 0 aliphatic heterocycles. The number of nitrogens with zero attached hydrogens (tertiary/aromatic N) is 2. The number of anilines is 1. The molecule has 4 aromatic rings. The van der Waals surface area contributed by atoms with Crippen molar-refractivity contribution in [3.05, 3.63) is 93.2 Å². The molecular formula is C22H14Cl3N3O2. The fourth-order valence-electron chi connectivity index (χ4n) is 3.17. The molecule has 0 saturated carbocycles. The first-order valence-electron chi connectivity index (χ1n) is 8.91. The molecule has 0 fully saturated rings. The molecule has 2 heterocycles. The Balaban J connectivity index is 1.67. The molecule has 1 amide bonds. The lowest BCUT2D eigenvalue weighted by Crippen LogP contribution is -2.22. The molecule has 0 radical (unpaired) electrons. The number of amides is 1. The molecule has 0 aliphatic rings. The van der Waals surface area contributed by atoms with Gasteiger partial charge in [-0.3, -0.25) is 9.59 Å². The number of nitrogens with one attached hydrogen (secondary N) is 1. The number of carbonyl (C=O) groups is 2. The van der Waals surface area contributed by atoms with E-state index >= 15 is 0 Å². The fraction of sp³-hybridized carbons (Fsp3) is 0.0455. The van der Waals surface area contributed by atoms with E-state index in [2.05, 4.69) is 10.3 Å². The molecule has 2 aromatic carbocycles. The highest BCUT2D eigenvalue weighted by Gasteiger charge is 2.22. The predicted molar refractivity (Wildman–Crippen MR) is 120 cm³/mol. The maximum absolute atomic E-state index is 12.9. The Bertz CT molecular complexity index is 1260. The third kappa shape index (κ3) is 4.19. The third-order valence-corrected chi connectivity index (χ3v) is 5.31. The van der Waals surface area contributed by atoms with Gasteiger partial charge in [0.15, 0.2) is 0 Å². The Morgan fingerprint density at radius 3 is 2.43 bits per heavy atom. The van der Waals surface area contributed by atoms with Gasteiger partial charge in [0, 0.05) is 38.5 Å². The first-order chi connectivity index (χ1) is 14.4. The Morgan fingerprint density at radius 1 is 0.967 bits per heavy atom. The van der Waals surface area contributed by atoms with E-state index in [1.807, 2.05) is 18.2 Å². The highest BCUT2D eigenvalue weighted by atomic mass is 35.5. The smallest absolute Gasteiger partial charge is 0.296 e. The lowest BCUT2D eigenvalue weighted by atomic mass is 10.1. The summed E-state index contributed by atoms with van der Waals surface area (Å²) in [5, 5.41) is 4.44. The second kappa shape index (κ2) is 8.48. The molecule has 1 N–H and O–H groups in total. The molecule has 150 valence electrons. The van der Waals surface area contributed by atoms with E-state index in [-0.39, 0.29) is 5.56 Å². The van der Waals surface area contributed by atoms with Crippen molar-refractivity contribution in [2.45, 2.75) is 6.54 Å². The average Bonchev–Trinajstić information content (AvgIpc) is 3.07. The van der Waals surface area contributed by atoms with Crippen molar-refractivity contribution in [2.24, 2.45) is 0 Å². The lowest BCUT2D eigenvalue weighted by molar-refractivity contribution is -0.112. The molecular weight excluding hydrogens is 445 g/mol. The number of hydrogen-bond donors (Lipinski definition) is 1. The molecule has 4 rings (SSSR count). The fourth-order valence-corrected chi connectivity index (χ4v) is 3.89. The minimum atomic E-state index is -0.797. The van der Waals surface area contributed by atoms with Crippen LogP contribution in [-0.4, -0.2) is 21.2 Å². The zero-order valence-corrected chi connectivity index (χ0v) is 17.7. The largest absolute Gasteiger partial charge is 0.327 e. The summed E-state index contributed by atoms with van der Waals surface area (Å²) in [5.74, 6) is -1.49. The van der Waals surface area contributed by atoms with Crippen LogP contribution < -0.4 is 5.32 Å². The van der Waals surface area contributed by atoms with Crippen molar-refractivity contribution in [3.8, 4) is 0 Å². The summed E-state index contributed by atoms with van der Waals surface area (Å²) in [6, 6.07) is 15.5. The topological polar surface area (TPSA) is 64.0 Å².